The Morgan fingerprint density at radius 1 is 1.16 bits per heavy atom. The minimum atomic E-state index is -0.0717. The zero-order chi connectivity index (χ0) is 17.8. The van der Waals surface area contributed by atoms with Crippen LogP contribution >= 0.6 is 0 Å². The Bertz CT molecular complexity index is 611. The van der Waals surface area contributed by atoms with E-state index in [9.17, 15) is 9.59 Å². The van der Waals surface area contributed by atoms with E-state index in [-0.39, 0.29) is 17.7 Å². The molecular formula is C19H27N3O3. The van der Waals surface area contributed by atoms with Crippen LogP contribution in [0.4, 0.5) is 0 Å². The van der Waals surface area contributed by atoms with Crippen molar-refractivity contribution in [1.82, 2.24) is 15.1 Å². The molecule has 0 aromatic heterocycles. The number of hydrogen-bond donors (Lipinski definition) is 1. The molecule has 2 aliphatic rings. The number of morpholine rings is 1. The first-order valence-corrected chi connectivity index (χ1v) is 8.98. The maximum atomic E-state index is 12.8. The fourth-order valence-corrected chi connectivity index (χ4v) is 3.70. The van der Waals surface area contributed by atoms with E-state index in [1.54, 1.807) is 7.05 Å². The summed E-state index contributed by atoms with van der Waals surface area (Å²) in [6.07, 6.45) is 0. The van der Waals surface area contributed by atoms with Crippen LogP contribution in [0.15, 0.2) is 24.3 Å². The lowest BCUT2D eigenvalue weighted by molar-refractivity contribution is -0.140. The van der Waals surface area contributed by atoms with E-state index >= 15 is 0 Å². The fraction of sp³-hybridized carbons (Fsp3) is 0.579. The van der Waals surface area contributed by atoms with E-state index in [1.807, 2.05) is 29.2 Å². The van der Waals surface area contributed by atoms with Gasteiger partial charge in [0, 0.05) is 45.3 Å². The summed E-state index contributed by atoms with van der Waals surface area (Å²) >= 11 is 0. The Hall–Kier alpha value is -1.92. The van der Waals surface area contributed by atoms with Gasteiger partial charge in [-0.25, -0.2) is 0 Å². The number of nitrogens with one attached hydrogen (secondary N) is 1. The highest BCUT2D eigenvalue weighted by atomic mass is 16.5. The van der Waals surface area contributed by atoms with E-state index in [4.69, 9.17) is 4.74 Å². The van der Waals surface area contributed by atoms with Crippen LogP contribution < -0.4 is 5.32 Å². The van der Waals surface area contributed by atoms with E-state index < -0.39 is 0 Å². The van der Waals surface area contributed by atoms with Gasteiger partial charge in [0.2, 0.25) is 5.91 Å². The third-order valence-electron chi connectivity index (χ3n) is 5.18. The molecule has 25 heavy (non-hydrogen) atoms. The number of likely N-dealkylation sites (tertiary alicyclic amines) is 1. The summed E-state index contributed by atoms with van der Waals surface area (Å²) in [5.74, 6) is 0.634. The predicted molar refractivity (Wildman–Crippen MR) is 95.2 cm³/mol. The zero-order valence-corrected chi connectivity index (χ0v) is 15.0. The Balaban J connectivity index is 1.57. The van der Waals surface area contributed by atoms with Crippen molar-refractivity contribution < 1.29 is 14.3 Å². The van der Waals surface area contributed by atoms with E-state index in [0.29, 0.717) is 37.8 Å². The van der Waals surface area contributed by atoms with Crippen LogP contribution in [0.2, 0.25) is 0 Å². The molecule has 0 bridgehead atoms. The number of carbonyl (C=O) groups is 2. The second kappa shape index (κ2) is 7.97. The molecule has 2 saturated heterocycles. The third-order valence-corrected chi connectivity index (χ3v) is 5.18. The van der Waals surface area contributed by atoms with Crippen LogP contribution in [-0.2, 0) is 16.1 Å². The molecule has 0 saturated carbocycles. The molecule has 2 fully saturated rings. The molecule has 3 rings (SSSR count). The van der Waals surface area contributed by atoms with E-state index in [1.165, 1.54) is 5.56 Å². The summed E-state index contributed by atoms with van der Waals surface area (Å²) in [4.78, 5) is 28.7. The summed E-state index contributed by atoms with van der Waals surface area (Å²) in [5, 5.41) is 2.63. The molecule has 6 nitrogen and oxygen atoms in total. The van der Waals surface area contributed by atoms with Gasteiger partial charge in [0.05, 0.1) is 19.1 Å². The van der Waals surface area contributed by atoms with Crippen molar-refractivity contribution in [1.29, 1.82) is 0 Å². The third kappa shape index (κ3) is 4.19. The fourth-order valence-electron chi connectivity index (χ4n) is 3.70. The van der Waals surface area contributed by atoms with Gasteiger partial charge < -0.3 is 15.0 Å². The Morgan fingerprint density at radius 2 is 1.84 bits per heavy atom. The highest BCUT2D eigenvalue weighted by Gasteiger charge is 2.37. The number of hydrogen-bond acceptors (Lipinski definition) is 4. The molecule has 6 heteroatoms. The first kappa shape index (κ1) is 17.9. The van der Waals surface area contributed by atoms with Crippen LogP contribution in [0.25, 0.3) is 0 Å². The van der Waals surface area contributed by atoms with Crippen molar-refractivity contribution >= 4 is 11.8 Å². The molecular weight excluding hydrogens is 318 g/mol. The number of ether oxygens (including phenoxy) is 1. The van der Waals surface area contributed by atoms with Gasteiger partial charge in [0.15, 0.2) is 0 Å². The lowest BCUT2D eigenvalue weighted by Gasteiger charge is -2.30. The molecule has 0 radical (unpaired) electrons. The van der Waals surface area contributed by atoms with Gasteiger partial charge in [-0.1, -0.05) is 19.1 Å². The lowest BCUT2D eigenvalue weighted by atomic mass is 9.96. The minimum absolute atomic E-state index is 0.0717. The maximum Gasteiger partial charge on any atom is 0.251 e. The highest BCUT2D eigenvalue weighted by Crippen LogP contribution is 2.26. The molecule has 2 amide bonds. The van der Waals surface area contributed by atoms with Crippen LogP contribution in [0.3, 0.4) is 0 Å². The smallest absolute Gasteiger partial charge is 0.251 e. The van der Waals surface area contributed by atoms with Gasteiger partial charge in [-0.05, 0) is 23.6 Å². The SMILES string of the molecule is CNC(=O)c1ccc(CN2C[C@@H](C)[C@H](C(=O)N3CCOCC3)C2)cc1. The molecule has 1 aromatic rings. The average Bonchev–Trinajstić information content (AvgIpc) is 3.02. The van der Waals surface area contributed by atoms with Crippen molar-refractivity contribution in [3.8, 4) is 0 Å². The number of carbonyl (C=O) groups excluding carboxylic acids is 2. The standard InChI is InChI=1S/C19H27N3O3/c1-14-11-21(12-15-3-5-16(6-4-15)18(23)20-2)13-17(14)19(24)22-7-9-25-10-8-22/h3-6,14,17H,7-13H2,1-2H3,(H,20,23)/t14-,17-/m1/s1. The van der Waals surface area contributed by atoms with Gasteiger partial charge in [-0.2, -0.15) is 0 Å². The summed E-state index contributed by atoms with van der Waals surface area (Å²) < 4.78 is 5.34. The van der Waals surface area contributed by atoms with Gasteiger partial charge in [0.25, 0.3) is 5.91 Å². The minimum Gasteiger partial charge on any atom is -0.378 e. The quantitative estimate of drug-likeness (QED) is 0.883. The Morgan fingerprint density at radius 3 is 2.48 bits per heavy atom. The zero-order valence-electron chi connectivity index (χ0n) is 15.0. The second-order valence-corrected chi connectivity index (χ2v) is 6.99. The summed E-state index contributed by atoms with van der Waals surface area (Å²) in [6.45, 7) is 7.42. The molecule has 136 valence electrons. The summed E-state index contributed by atoms with van der Waals surface area (Å²) in [6, 6.07) is 7.69. The van der Waals surface area contributed by atoms with Gasteiger partial charge in [0.1, 0.15) is 0 Å². The van der Waals surface area contributed by atoms with Crippen LogP contribution in [-0.4, -0.2) is 68.1 Å². The van der Waals surface area contributed by atoms with Gasteiger partial charge in [-0.3, -0.25) is 14.5 Å². The number of rotatable bonds is 4. The predicted octanol–water partition coefficient (Wildman–Crippen LogP) is 0.973. The lowest BCUT2D eigenvalue weighted by Crippen LogP contribution is -2.45. The van der Waals surface area contributed by atoms with Crippen LogP contribution in [0.1, 0.15) is 22.8 Å². The summed E-state index contributed by atoms with van der Waals surface area (Å²) in [7, 11) is 1.63. The van der Waals surface area contributed by atoms with Crippen molar-refractivity contribution in [2.75, 3.05) is 46.4 Å². The molecule has 2 atom stereocenters. The van der Waals surface area contributed by atoms with Crippen LogP contribution in [0, 0.1) is 11.8 Å². The Kier molecular flexibility index (Phi) is 5.71. The number of amides is 2. The van der Waals surface area contributed by atoms with Crippen LogP contribution in [0.5, 0.6) is 0 Å². The van der Waals surface area contributed by atoms with Crippen molar-refractivity contribution in [3.63, 3.8) is 0 Å². The number of nitrogens with zero attached hydrogens (tertiary/aromatic N) is 2. The largest absolute Gasteiger partial charge is 0.378 e. The molecule has 0 aliphatic carbocycles. The molecule has 1 aromatic carbocycles. The van der Waals surface area contributed by atoms with E-state index in [2.05, 4.69) is 17.1 Å². The molecule has 1 N–H and O–H groups in total. The van der Waals surface area contributed by atoms with Crippen molar-refractivity contribution in [3.05, 3.63) is 35.4 Å². The normalized spacial score (nSPS) is 24.3. The average molecular weight is 345 g/mol. The molecule has 0 spiro atoms. The second-order valence-electron chi connectivity index (χ2n) is 6.99. The van der Waals surface area contributed by atoms with Crippen molar-refractivity contribution in [2.24, 2.45) is 11.8 Å². The monoisotopic (exact) mass is 345 g/mol. The first-order chi connectivity index (χ1) is 12.1. The Labute approximate surface area is 149 Å². The molecule has 2 aliphatic heterocycles. The first-order valence-electron chi connectivity index (χ1n) is 8.98. The highest BCUT2D eigenvalue weighted by molar-refractivity contribution is 5.93. The molecule has 0 unspecified atom stereocenters. The van der Waals surface area contributed by atoms with Crippen molar-refractivity contribution in [2.45, 2.75) is 13.5 Å². The van der Waals surface area contributed by atoms with E-state index in [0.717, 1.165) is 19.6 Å². The van der Waals surface area contributed by atoms with Gasteiger partial charge in [-0.15, -0.1) is 0 Å². The number of benzene rings is 1. The maximum absolute atomic E-state index is 12.8. The topological polar surface area (TPSA) is 61.9 Å². The molecule has 2 heterocycles. The van der Waals surface area contributed by atoms with Gasteiger partial charge >= 0.3 is 0 Å². The summed E-state index contributed by atoms with van der Waals surface area (Å²) in [5.41, 5.74) is 1.83.